The summed E-state index contributed by atoms with van der Waals surface area (Å²) in [7, 11) is 0. The molecular formula is C15H33N3O3. The van der Waals surface area contributed by atoms with Crippen LogP contribution in [-0.4, -0.2) is 71.9 Å². The van der Waals surface area contributed by atoms with Gasteiger partial charge < -0.3 is 30.6 Å². The van der Waals surface area contributed by atoms with Crippen LogP contribution >= 0.6 is 0 Å². The highest BCUT2D eigenvalue weighted by Crippen LogP contribution is 2.01. The quantitative estimate of drug-likeness (QED) is 0.396. The molecule has 0 bridgehead atoms. The smallest absolute Gasteiger partial charge is 0.0701 e. The van der Waals surface area contributed by atoms with Gasteiger partial charge in [0.1, 0.15) is 0 Å². The molecule has 0 saturated carbocycles. The van der Waals surface area contributed by atoms with Crippen molar-refractivity contribution in [1.82, 2.24) is 10.6 Å². The monoisotopic (exact) mass is 303 g/mol. The van der Waals surface area contributed by atoms with E-state index in [9.17, 15) is 0 Å². The van der Waals surface area contributed by atoms with E-state index >= 15 is 0 Å². The van der Waals surface area contributed by atoms with Crippen LogP contribution in [0.3, 0.4) is 0 Å². The van der Waals surface area contributed by atoms with Gasteiger partial charge in [0.2, 0.25) is 0 Å². The summed E-state index contributed by atoms with van der Waals surface area (Å²) < 4.78 is 16.3. The molecule has 0 aliphatic carbocycles. The third-order valence-corrected chi connectivity index (χ3v) is 3.47. The molecule has 6 heteroatoms. The first-order chi connectivity index (χ1) is 10.4. The molecule has 1 aliphatic heterocycles. The highest BCUT2D eigenvalue weighted by molar-refractivity contribution is 4.73. The molecular weight excluding hydrogens is 270 g/mol. The second-order valence-corrected chi connectivity index (χ2v) is 5.31. The van der Waals surface area contributed by atoms with Gasteiger partial charge in [-0.2, -0.15) is 0 Å². The van der Waals surface area contributed by atoms with Crippen molar-refractivity contribution in [1.29, 1.82) is 0 Å². The van der Waals surface area contributed by atoms with Crippen molar-refractivity contribution >= 4 is 0 Å². The molecule has 21 heavy (non-hydrogen) atoms. The molecule has 1 fully saturated rings. The molecule has 126 valence electrons. The van der Waals surface area contributed by atoms with Crippen molar-refractivity contribution in [2.24, 2.45) is 5.73 Å². The van der Waals surface area contributed by atoms with Crippen molar-refractivity contribution in [3.8, 4) is 0 Å². The van der Waals surface area contributed by atoms with Crippen LogP contribution < -0.4 is 16.4 Å². The summed E-state index contributed by atoms with van der Waals surface area (Å²) >= 11 is 0. The zero-order valence-electron chi connectivity index (χ0n) is 13.3. The van der Waals surface area contributed by atoms with Crippen molar-refractivity contribution in [3.05, 3.63) is 0 Å². The Morgan fingerprint density at radius 3 is 2.05 bits per heavy atom. The number of nitrogens with one attached hydrogen (secondary N) is 2. The van der Waals surface area contributed by atoms with Gasteiger partial charge in [-0.1, -0.05) is 0 Å². The first kappa shape index (κ1) is 18.8. The average molecular weight is 303 g/mol. The maximum Gasteiger partial charge on any atom is 0.0701 e. The maximum absolute atomic E-state index is 5.53. The Balaban J connectivity index is 1.69. The van der Waals surface area contributed by atoms with E-state index in [1.54, 1.807) is 0 Å². The van der Waals surface area contributed by atoms with Crippen LogP contribution in [0, 0.1) is 0 Å². The van der Waals surface area contributed by atoms with E-state index in [-0.39, 0.29) is 0 Å². The Morgan fingerprint density at radius 1 is 0.857 bits per heavy atom. The van der Waals surface area contributed by atoms with Crippen molar-refractivity contribution in [2.45, 2.75) is 31.7 Å². The van der Waals surface area contributed by atoms with Crippen LogP contribution in [0.5, 0.6) is 0 Å². The van der Waals surface area contributed by atoms with Gasteiger partial charge in [-0.15, -0.1) is 0 Å². The van der Waals surface area contributed by atoms with E-state index in [2.05, 4.69) is 10.6 Å². The number of ether oxygens (including phenoxy) is 3. The molecule has 0 unspecified atom stereocenters. The summed E-state index contributed by atoms with van der Waals surface area (Å²) in [6.45, 7) is 8.10. The van der Waals surface area contributed by atoms with Crippen LogP contribution in [0.2, 0.25) is 0 Å². The summed E-state index contributed by atoms with van der Waals surface area (Å²) in [5.74, 6) is 0. The second kappa shape index (κ2) is 14.7. The predicted octanol–water partition coefficient (Wildman–Crippen LogP) is 0.117. The molecule has 0 atom stereocenters. The number of hydrogen-bond donors (Lipinski definition) is 3. The molecule has 0 aromatic rings. The molecule has 0 aromatic carbocycles. The van der Waals surface area contributed by atoms with E-state index < -0.39 is 0 Å². The third kappa shape index (κ3) is 12.0. The van der Waals surface area contributed by atoms with Gasteiger partial charge in [-0.25, -0.2) is 0 Å². The SMILES string of the molecule is NCCCOCCOCCOCCCNC1CCNCC1. The van der Waals surface area contributed by atoms with Gasteiger partial charge in [0.15, 0.2) is 0 Å². The lowest BCUT2D eigenvalue weighted by Crippen LogP contribution is -2.40. The summed E-state index contributed by atoms with van der Waals surface area (Å²) in [6, 6.07) is 0.689. The number of nitrogens with two attached hydrogens (primary N) is 1. The Bertz CT molecular complexity index is 214. The van der Waals surface area contributed by atoms with Gasteiger partial charge in [0, 0.05) is 19.3 Å². The fraction of sp³-hybridized carbons (Fsp3) is 1.00. The third-order valence-electron chi connectivity index (χ3n) is 3.47. The van der Waals surface area contributed by atoms with Gasteiger partial charge in [-0.3, -0.25) is 0 Å². The molecule has 1 saturated heterocycles. The minimum atomic E-state index is 0.630. The molecule has 0 amide bonds. The molecule has 0 radical (unpaired) electrons. The van der Waals surface area contributed by atoms with E-state index in [0.29, 0.717) is 39.0 Å². The van der Waals surface area contributed by atoms with Crippen molar-refractivity contribution < 1.29 is 14.2 Å². The summed E-state index contributed by atoms with van der Waals surface area (Å²) in [5, 5.41) is 6.95. The maximum atomic E-state index is 5.53. The molecule has 0 spiro atoms. The molecule has 6 nitrogen and oxygen atoms in total. The Kier molecular flexibility index (Phi) is 13.2. The van der Waals surface area contributed by atoms with Crippen LogP contribution in [0.4, 0.5) is 0 Å². The first-order valence-corrected chi connectivity index (χ1v) is 8.31. The number of hydrogen-bond acceptors (Lipinski definition) is 6. The van der Waals surface area contributed by atoms with Crippen molar-refractivity contribution in [3.63, 3.8) is 0 Å². The lowest BCUT2D eigenvalue weighted by molar-refractivity contribution is 0.0140. The van der Waals surface area contributed by atoms with E-state index in [1.807, 2.05) is 0 Å². The highest BCUT2D eigenvalue weighted by Gasteiger charge is 2.10. The van der Waals surface area contributed by atoms with E-state index in [4.69, 9.17) is 19.9 Å². The van der Waals surface area contributed by atoms with Gasteiger partial charge in [-0.05, 0) is 51.9 Å². The molecule has 1 aliphatic rings. The first-order valence-electron chi connectivity index (χ1n) is 8.31. The van der Waals surface area contributed by atoms with Gasteiger partial charge in [0.05, 0.1) is 26.4 Å². The fourth-order valence-corrected chi connectivity index (χ4v) is 2.23. The minimum absolute atomic E-state index is 0.630. The normalized spacial score (nSPS) is 16.4. The Labute approximate surface area is 129 Å². The van der Waals surface area contributed by atoms with Gasteiger partial charge in [0.25, 0.3) is 0 Å². The van der Waals surface area contributed by atoms with Crippen LogP contribution in [0.1, 0.15) is 25.7 Å². The summed E-state index contributed by atoms with van der Waals surface area (Å²) in [6.07, 6.45) is 4.45. The van der Waals surface area contributed by atoms with Crippen LogP contribution in [-0.2, 0) is 14.2 Å². The minimum Gasteiger partial charge on any atom is -0.379 e. The highest BCUT2D eigenvalue weighted by atomic mass is 16.5. The predicted molar refractivity (Wildman–Crippen MR) is 84.6 cm³/mol. The number of rotatable bonds is 14. The molecule has 1 heterocycles. The standard InChI is InChI=1S/C15H33N3O3/c16-5-1-9-19-11-13-21-14-12-20-10-2-6-18-15-3-7-17-8-4-15/h15,17-18H,1-14,16H2. The lowest BCUT2D eigenvalue weighted by Gasteiger charge is -2.23. The topological polar surface area (TPSA) is 77.8 Å². The van der Waals surface area contributed by atoms with Gasteiger partial charge >= 0.3 is 0 Å². The lowest BCUT2D eigenvalue weighted by atomic mass is 10.1. The Hall–Kier alpha value is -0.240. The largest absolute Gasteiger partial charge is 0.379 e. The molecule has 0 aromatic heterocycles. The van der Waals surface area contributed by atoms with E-state index in [1.165, 1.54) is 12.8 Å². The Morgan fingerprint density at radius 2 is 1.43 bits per heavy atom. The molecule has 4 N–H and O–H groups in total. The average Bonchev–Trinajstić information content (AvgIpc) is 2.53. The fourth-order valence-electron chi connectivity index (χ4n) is 2.23. The second-order valence-electron chi connectivity index (χ2n) is 5.31. The zero-order chi connectivity index (χ0) is 15.0. The molecule has 1 rings (SSSR count). The van der Waals surface area contributed by atoms with Crippen molar-refractivity contribution in [2.75, 3.05) is 65.8 Å². The number of piperidine rings is 1. The van der Waals surface area contributed by atoms with Crippen LogP contribution in [0.25, 0.3) is 0 Å². The zero-order valence-corrected chi connectivity index (χ0v) is 13.3. The summed E-state index contributed by atoms with van der Waals surface area (Å²) in [4.78, 5) is 0. The van der Waals surface area contributed by atoms with Crippen LogP contribution in [0.15, 0.2) is 0 Å². The summed E-state index contributed by atoms with van der Waals surface area (Å²) in [5.41, 5.74) is 5.37. The van der Waals surface area contributed by atoms with E-state index in [0.717, 1.165) is 45.7 Å².